The van der Waals surface area contributed by atoms with E-state index in [0.717, 1.165) is 5.56 Å². The molecule has 1 aliphatic rings. The zero-order valence-electron chi connectivity index (χ0n) is 15.4. The average Bonchev–Trinajstić information content (AvgIpc) is 2.96. The maximum absolute atomic E-state index is 13.1. The van der Waals surface area contributed by atoms with Gasteiger partial charge in [0.15, 0.2) is 0 Å². The molecule has 0 radical (unpaired) electrons. The number of hydrogen-bond donors (Lipinski definition) is 1. The number of amides is 1. The number of rotatable bonds is 4. The van der Waals surface area contributed by atoms with Crippen LogP contribution < -0.4 is 0 Å². The Labute approximate surface area is 153 Å². The van der Waals surface area contributed by atoms with E-state index in [1.54, 1.807) is 25.7 Å². The van der Waals surface area contributed by atoms with Gasteiger partial charge in [0.2, 0.25) is 0 Å². The molecule has 1 atom stereocenters. The van der Waals surface area contributed by atoms with Crippen molar-refractivity contribution in [1.82, 2.24) is 9.88 Å². The molecule has 138 valence electrons. The Balaban J connectivity index is 1.82. The highest BCUT2D eigenvalue weighted by Gasteiger charge is 2.30. The van der Waals surface area contributed by atoms with E-state index in [0.29, 0.717) is 48.8 Å². The summed E-state index contributed by atoms with van der Waals surface area (Å²) < 4.78 is 10.9. The first kappa shape index (κ1) is 18.2. The minimum absolute atomic E-state index is 0.0870. The monoisotopic (exact) mass is 356 g/mol. The molecular formula is C20H24N2O4. The van der Waals surface area contributed by atoms with E-state index in [1.807, 2.05) is 30.3 Å². The van der Waals surface area contributed by atoms with Crippen molar-refractivity contribution in [3.63, 3.8) is 0 Å². The number of esters is 1. The van der Waals surface area contributed by atoms with Crippen molar-refractivity contribution in [3.8, 4) is 0 Å². The summed E-state index contributed by atoms with van der Waals surface area (Å²) in [5.74, 6) is -0.521. The van der Waals surface area contributed by atoms with Crippen LogP contribution in [-0.4, -0.2) is 48.1 Å². The Hall–Kier alpha value is -2.60. The molecule has 2 aromatic rings. The number of nitrogens with zero attached hydrogens (tertiary/aromatic N) is 1. The second-order valence-electron chi connectivity index (χ2n) is 6.37. The largest absolute Gasteiger partial charge is 0.461 e. The number of ether oxygens (including phenoxy) is 2. The number of H-pyrrole nitrogens is 1. The van der Waals surface area contributed by atoms with Crippen LogP contribution in [-0.2, 0) is 9.47 Å². The molecule has 1 aromatic heterocycles. The molecule has 1 saturated heterocycles. The summed E-state index contributed by atoms with van der Waals surface area (Å²) in [6.07, 6.45) is -0.141. The van der Waals surface area contributed by atoms with Crippen LogP contribution >= 0.6 is 0 Å². The van der Waals surface area contributed by atoms with Gasteiger partial charge in [-0.25, -0.2) is 4.79 Å². The third-order valence-electron chi connectivity index (χ3n) is 4.66. The van der Waals surface area contributed by atoms with E-state index in [1.165, 1.54) is 0 Å². The summed E-state index contributed by atoms with van der Waals surface area (Å²) >= 11 is 0. The number of hydrogen-bond acceptors (Lipinski definition) is 4. The topological polar surface area (TPSA) is 71.6 Å². The lowest BCUT2D eigenvalue weighted by Gasteiger charge is -2.33. The molecule has 1 aliphatic heterocycles. The minimum atomic E-state index is -0.434. The molecule has 6 heteroatoms. The molecule has 3 rings (SSSR count). The van der Waals surface area contributed by atoms with Crippen molar-refractivity contribution < 1.29 is 19.1 Å². The van der Waals surface area contributed by atoms with Crippen LogP contribution in [0.1, 0.15) is 50.7 Å². The van der Waals surface area contributed by atoms with Gasteiger partial charge in [-0.2, -0.15) is 0 Å². The highest BCUT2D eigenvalue weighted by atomic mass is 16.5. The molecule has 0 saturated carbocycles. The summed E-state index contributed by atoms with van der Waals surface area (Å²) in [6.45, 7) is 7.13. The molecule has 1 aromatic carbocycles. The average molecular weight is 356 g/mol. The fourth-order valence-electron chi connectivity index (χ4n) is 3.34. The number of aromatic nitrogens is 1. The molecule has 1 unspecified atom stereocenters. The number of aromatic amines is 1. The highest BCUT2D eigenvalue weighted by Crippen LogP contribution is 2.26. The Kier molecular flexibility index (Phi) is 5.42. The van der Waals surface area contributed by atoms with Crippen molar-refractivity contribution >= 4 is 11.9 Å². The number of carbonyl (C=O) groups is 2. The summed E-state index contributed by atoms with van der Waals surface area (Å²) in [4.78, 5) is 30.0. The van der Waals surface area contributed by atoms with Crippen LogP contribution in [0, 0.1) is 13.8 Å². The van der Waals surface area contributed by atoms with Crippen LogP contribution in [0.2, 0.25) is 0 Å². The third kappa shape index (κ3) is 3.51. The number of nitrogens with one attached hydrogen (secondary N) is 1. The minimum Gasteiger partial charge on any atom is -0.461 e. The second kappa shape index (κ2) is 7.74. The standard InChI is InChI=1S/C20H24N2O4/c1-4-25-20(24)18-13(2)17(14(3)21-18)19(23)22-10-11-26-16(12-22)15-8-6-5-7-9-15/h5-9,16,21H,4,10-12H2,1-3H3. The van der Waals surface area contributed by atoms with E-state index < -0.39 is 5.97 Å². The summed E-state index contributed by atoms with van der Waals surface area (Å²) in [5.41, 5.74) is 3.26. The van der Waals surface area contributed by atoms with Crippen molar-refractivity contribution in [2.45, 2.75) is 26.9 Å². The lowest BCUT2D eigenvalue weighted by atomic mass is 10.1. The lowest BCUT2D eigenvalue weighted by molar-refractivity contribution is -0.0228. The van der Waals surface area contributed by atoms with E-state index in [9.17, 15) is 9.59 Å². The van der Waals surface area contributed by atoms with Crippen molar-refractivity contribution in [2.75, 3.05) is 26.3 Å². The number of morpholine rings is 1. The third-order valence-corrected chi connectivity index (χ3v) is 4.66. The van der Waals surface area contributed by atoms with Crippen LogP contribution in [0.4, 0.5) is 0 Å². The van der Waals surface area contributed by atoms with Crippen molar-refractivity contribution in [3.05, 3.63) is 58.4 Å². The van der Waals surface area contributed by atoms with Gasteiger partial charge in [-0.05, 0) is 31.9 Å². The highest BCUT2D eigenvalue weighted by molar-refractivity contribution is 6.01. The van der Waals surface area contributed by atoms with Crippen molar-refractivity contribution in [2.24, 2.45) is 0 Å². The Morgan fingerprint density at radius 2 is 2.00 bits per heavy atom. The fourth-order valence-corrected chi connectivity index (χ4v) is 3.34. The molecule has 1 fully saturated rings. The zero-order valence-corrected chi connectivity index (χ0v) is 15.4. The van der Waals surface area contributed by atoms with Gasteiger partial charge in [0.05, 0.1) is 25.3 Å². The van der Waals surface area contributed by atoms with Gasteiger partial charge in [-0.1, -0.05) is 30.3 Å². The van der Waals surface area contributed by atoms with Gasteiger partial charge in [0, 0.05) is 12.2 Å². The van der Waals surface area contributed by atoms with Gasteiger partial charge in [-0.15, -0.1) is 0 Å². The maximum atomic E-state index is 13.1. The molecule has 0 spiro atoms. The molecule has 1 amide bonds. The molecule has 0 aliphatic carbocycles. The molecule has 2 heterocycles. The quantitative estimate of drug-likeness (QED) is 0.855. The zero-order chi connectivity index (χ0) is 18.7. The van der Waals surface area contributed by atoms with Gasteiger partial charge in [0.25, 0.3) is 5.91 Å². The normalized spacial score (nSPS) is 17.2. The summed E-state index contributed by atoms with van der Waals surface area (Å²) in [7, 11) is 0. The molecule has 1 N–H and O–H groups in total. The maximum Gasteiger partial charge on any atom is 0.355 e. The van der Waals surface area contributed by atoms with Crippen LogP contribution in [0.3, 0.4) is 0 Å². The van der Waals surface area contributed by atoms with Gasteiger partial charge >= 0.3 is 5.97 Å². The second-order valence-corrected chi connectivity index (χ2v) is 6.37. The lowest BCUT2D eigenvalue weighted by Crippen LogP contribution is -2.42. The predicted molar refractivity (Wildman–Crippen MR) is 97.3 cm³/mol. The van der Waals surface area contributed by atoms with Crippen molar-refractivity contribution in [1.29, 1.82) is 0 Å². The van der Waals surface area contributed by atoms with E-state index in [4.69, 9.17) is 9.47 Å². The first-order valence-electron chi connectivity index (χ1n) is 8.85. The van der Waals surface area contributed by atoms with E-state index >= 15 is 0 Å². The number of aryl methyl sites for hydroxylation is 1. The Morgan fingerprint density at radius 3 is 2.69 bits per heavy atom. The van der Waals surface area contributed by atoms with E-state index in [2.05, 4.69) is 4.98 Å². The molecular weight excluding hydrogens is 332 g/mol. The van der Waals surface area contributed by atoms with Gasteiger partial charge < -0.3 is 19.4 Å². The predicted octanol–water partition coefficient (Wildman–Crippen LogP) is 3.02. The van der Waals surface area contributed by atoms with Crippen LogP contribution in [0.15, 0.2) is 30.3 Å². The fraction of sp³-hybridized carbons (Fsp3) is 0.400. The summed E-state index contributed by atoms with van der Waals surface area (Å²) in [5, 5.41) is 0. The molecule has 0 bridgehead atoms. The van der Waals surface area contributed by atoms with Gasteiger partial charge in [0.1, 0.15) is 11.8 Å². The molecule has 26 heavy (non-hydrogen) atoms. The van der Waals surface area contributed by atoms with E-state index in [-0.39, 0.29) is 12.0 Å². The number of benzene rings is 1. The Morgan fingerprint density at radius 1 is 1.27 bits per heavy atom. The Bertz CT molecular complexity index is 798. The van der Waals surface area contributed by atoms with Gasteiger partial charge in [-0.3, -0.25) is 4.79 Å². The SMILES string of the molecule is CCOC(=O)c1[nH]c(C)c(C(=O)N2CCOC(c3ccccc3)C2)c1C. The smallest absolute Gasteiger partial charge is 0.355 e. The first-order valence-corrected chi connectivity index (χ1v) is 8.85. The first-order chi connectivity index (χ1) is 12.5. The molecule has 6 nitrogen and oxygen atoms in total. The van der Waals surface area contributed by atoms with Crippen LogP contribution in [0.25, 0.3) is 0 Å². The number of carbonyl (C=O) groups excluding carboxylic acids is 2. The summed E-state index contributed by atoms with van der Waals surface area (Å²) in [6, 6.07) is 9.89. The van der Waals surface area contributed by atoms with Crippen LogP contribution in [0.5, 0.6) is 0 Å².